The van der Waals surface area contributed by atoms with Crippen molar-refractivity contribution in [2.24, 2.45) is 0 Å². The molecule has 0 aliphatic rings. The molecule has 0 saturated heterocycles. The maximum atomic E-state index is 3.37. The van der Waals surface area contributed by atoms with E-state index >= 15 is 0 Å². The summed E-state index contributed by atoms with van der Waals surface area (Å²) in [4.78, 5) is 3.37. The fourth-order valence-corrected chi connectivity index (χ4v) is 1.45. The molecule has 1 aromatic rings. The molecular weight excluding hydrogens is 146 g/mol. The van der Waals surface area contributed by atoms with E-state index in [1.54, 1.807) is 0 Å². The second-order valence-corrected chi connectivity index (χ2v) is 3.08. The van der Waals surface area contributed by atoms with Crippen LogP contribution in [0, 0.1) is 6.92 Å². The Morgan fingerprint density at radius 1 is 1.50 bits per heavy atom. The minimum atomic E-state index is 1.06. The van der Waals surface area contributed by atoms with Crippen molar-refractivity contribution < 1.29 is 0 Å². The minimum absolute atomic E-state index is 1.06. The largest absolute Gasteiger partial charge is 0.362 e. The quantitative estimate of drug-likeness (QED) is 0.659. The van der Waals surface area contributed by atoms with Crippen molar-refractivity contribution in [1.29, 1.82) is 0 Å². The normalized spacial score (nSPS) is 11.2. The van der Waals surface area contributed by atoms with Gasteiger partial charge < -0.3 is 4.98 Å². The van der Waals surface area contributed by atoms with E-state index in [0.717, 1.165) is 12.8 Å². The fourth-order valence-electron chi connectivity index (χ4n) is 1.45. The fraction of sp³-hybridized carbons (Fsp3) is 0.455. The molecule has 0 spiro atoms. The maximum Gasteiger partial charge on any atom is 0.0182 e. The van der Waals surface area contributed by atoms with Gasteiger partial charge in [-0.25, -0.2) is 0 Å². The van der Waals surface area contributed by atoms with Gasteiger partial charge in [0.15, 0.2) is 0 Å². The van der Waals surface area contributed by atoms with Gasteiger partial charge in [-0.3, -0.25) is 0 Å². The monoisotopic (exact) mass is 163 g/mol. The smallest absolute Gasteiger partial charge is 0.0182 e. The second kappa shape index (κ2) is 4.15. The summed E-state index contributed by atoms with van der Waals surface area (Å²) in [5.41, 5.74) is 4.09. The molecule has 66 valence electrons. The van der Waals surface area contributed by atoms with Gasteiger partial charge in [0, 0.05) is 11.4 Å². The molecule has 0 fully saturated rings. The number of hydrogen-bond donors (Lipinski definition) is 1. The first-order valence-corrected chi connectivity index (χ1v) is 4.56. The molecule has 0 aromatic carbocycles. The van der Waals surface area contributed by atoms with Crippen LogP contribution in [0.4, 0.5) is 0 Å². The summed E-state index contributed by atoms with van der Waals surface area (Å²) in [5.74, 6) is 0. The lowest BCUT2D eigenvalue weighted by Gasteiger charge is -1.95. The number of H-pyrrole nitrogens is 1. The highest BCUT2D eigenvalue weighted by Crippen LogP contribution is 2.12. The van der Waals surface area contributed by atoms with Crippen molar-refractivity contribution in [3.05, 3.63) is 35.2 Å². The highest BCUT2D eigenvalue weighted by Gasteiger charge is 2.01. The van der Waals surface area contributed by atoms with E-state index in [0.29, 0.717) is 0 Å². The Bertz CT molecular complexity index is 269. The molecule has 12 heavy (non-hydrogen) atoms. The van der Waals surface area contributed by atoms with Crippen LogP contribution >= 0.6 is 0 Å². The molecule has 1 rings (SSSR count). The van der Waals surface area contributed by atoms with Crippen LogP contribution in [0.2, 0.25) is 0 Å². The topological polar surface area (TPSA) is 15.8 Å². The molecule has 0 bridgehead atoms. The van der Waals surface area contributed by atoms with E-state index in [9.17, 15) is 0 Å². The van der Waals surface area contributed by atoms with Gasteiger partial charge in [0.25, 0.3) is 0 Å². The average molecular weight is 163 g/mol. The summed E-state index contributed by atoms with van der Waals surface area (Å²) >= 11 is 0. The molecule has 1 nitrogen and oxygen atoms in total. The summed E-state index contributed by atoms with van der Waals surface area (Å²) in [6, 6.07) is 2.23. The molecule has 0 saturated carbocycles. The first kappa shape index (κ1) is 9.11. The highest BCUT2D eigenvalue weighted by molar-refractivity contribution is 5.27. The molecule has 0 aliphatic carbocycles. The summed E-state index contributed by atoms with van der Waals surface area (Å²) in [6.07, 6.45) is 6.45. The first-order chi connectivity index (χ1) is 5.77. The lowest BCUT2D eigenvalue weighted by atomic mass is 10.1. The van der Waals surface area contributed by atoms with E-state index in [-0.39, 0.29) is 0 Å². The van der Waals surface area contributed by atoms with Crippen molar-refractivity contribution in [3.63, 3.8) is 0 Å². The van der Waals surface area contributed by atoms with Crippen LogP contribution in [0.5, 0.6) is 0 Å². The third-order valence-electron chi connectivity index (χ3n) is 2.05. The lowest BCUT2D eigenvalue weighted by Crippen LogP contribution is -1.86. The summed E-state index contributed by atoms with van der Waals surface area (Å²) in [5, 5.41) is 0. The van der Waals surface area contributed by atoms with E-state index < -0.39 is 0 Å². The van der Waals surface area contributed by atoms with E-state index in [4.69, 9.17) is 0 Å². The number of allylic oxidation sites excluding steroid dienone is 2. The zero-order valence-corrected chi connectivity index (χ0v) is 8.15. The van der Waals surface area contributed by atoms with Gasteiger partial charge in [-0.2, -0.15) is 0 Å². The van der Waals surface area contributed by atoms with Gasteiger partial charge in [0.05, 0.1) is 0 Å². The maximum absolute atomic E-state index is 3.37. The van der Waals surface area contributed by atoms with Gasteiger partial charge in [0.1, 0.15) is 0 Å². The van der Waals surface area contributed by atoms with Crippen molar-refractivity contribution in [2.45, 2.75) is 33.6 Å². The Hall–Kier alpha value is -0.980. The van der Waals surface area contributed by atoms with Crippen molar-refractivity contribution >= 4 is 0 Å². The third-order valence-corrected chi connectivity index (χ3v) is 2.05. The van der Waals surface area contributed by atoms with Crippen LogP contribution < -0.4 is 0 Å². The second-order valence-electron chi connectivity index (χ2n) is 3.08. The Morgan fingerprint density at radius 3 is 2.83 bits per heavy atom. The molecule has 1 heterocycles. The van der Waals surface area contributed by atoms with Crippen LogP contribution in [0.25, 0.3) is 0 Å². The van der Waals surface area contributed by atoms with Crippen LogP contribution in [-0.4, -0.2) is 4.98 Å². The number of rotatable bonds is 3. The SMILES string of the molecule is C/C=C/Cc1cc(C)[nH]c1CC. The Kier molecular flexibility index (Phi) is 3.15. The van der Waals surface area contributed by atoms with Gasteiger partial charge in [0.2, 0.25) is 0 Å². The summed E-state index contributed by atoms with van der Waals surface area (Å²) in [7, 11) is 0. The van der Waals surface area contributed by atoms with Crippen molar-refractivity contribution in [2.75, 3.05) is 0 Å². The molecule has 0 atom stereocenters. The van der Waals surface area contributed by atoms with Gasteiger partial charge >= 0.3 is 0 Å². The number of aromatic amines is 1. The van der Waals surface area contributed by atoms with Gasteiger partial charge in [-0.05, 0) is 38.3 Å². The predicted molar refractivity (Wildman–Crippen MR) is 53.4 cm³/mol. The zero-order chi connectivity index (χ0) is 8.97. The highest BCUT2D eigenvalue weighted by atomic mass is 14.7. The van der Waals surface area contributed by atoms with Crippen LogP contribution in [-0.2, 0) is 12.8 Å². The number of hydrogen-bond acceptors (Lipinski definition) is 0. The molecule has 1 aromatic heterocycles. The Morgan fingerprint density at radius 2 is 2.25 bits per heavy atom. The average Bonchev–Trinajstić information content (AvgIpc) is 2.42. The van der Waals surface area contributed by atoms with E-state index in [1.165, 1.54) is 17.0 Å². The molecule has 1 N–H and O–H groups in total. The van der Waals surface area contributed by atoms with Crippen molar-refractivity contribution in [1.82, 2.24) is 4.98 Å². The number of aryl methyl sites for hydroxylation is 2. The van der Waals surface area contributed by atoms with Gasteiger partial charge in [-0.1, -0.05) is 19.1 Å². The Labute approximate surface area is 74.5 Å². The standard InChI is InChI=1S/C11H17N/c1-4-6-7-10-8-9(3)12-11(10)5-2/h4,6,8,12H,5,7H2,1-3H3/b6-4+. The van der Waals surface area contributed by atoms with Crippen LogP contribution in [0.1, 0.15) is 30.8 Å². The van der Waals surface area contributed by atoms with Crippen molar-refractivity contribution in [3.8, 4) is 0 Å². The molecule has 0 radical (unpaired) electrons. The van der Waals surface area contributed by atoms with Crippen LogP contribution in [0.3, 0.4) is 0 Å². The van der Waals surface area contributed by atoms with Crippen LogP contribution in [0.15, 0.2) is 18.2 Å². The van der Waals surface area contributed by atoms with Gasteiger partial charge in [-0.15, -0.1) is 0 Å². The summed E-state index contributed by atoms with van der Waals surface area (Å²) < 4.78 is 0. The predicted octanol–water partition coefficient (Wildman–Crippen LogP) is 3.00. The molecule has 0 unspecified atom stereocenters. The molecule has 0 aliphatic heterocycles. The minimum Gasteiger partial charge on any atom is -0.362 e. The van der Waals surface area contributed by atoms with E-state index in [1.807, 2.05) is 0 Å². The number of nitrogens with one attached hydrogen (secondary N) is 1. The third kappa shape index (κ3) is 2.00. The molecular formula is C11H17N. The van der Waals surface area contributed by atoms with E-state index in [2.05, 4.69) is 44.0 Å². The Balaban J connectivity index is 2.81. The zero-order valence-electron chi connectivity index (χ0n) is 8.15. The summed E-state index contributed by atoms with van der Waals surface area (Å²) in [6.45, 7) is 6.36. The lowest BCUT2D eigenvalue weighted by molar-refractivity contribution is 1.01. The first-order valence-electron chi connectivity index (χ1n) is 4.56. The number of aromatic nitrogens is 1. The molecule has 0 amide bonds. The molecule has 1 heteroatoms.